The number of β-amino-alcohol motifs (C(OH)–C–C–N with tert-alkyl or cyclic N) is 1. The number of pyridine rings is 1. The summed E-state index contributed by atoms with van der Waals surface area (Å²) in [5.41, 5.74) is 2.39. The zero-order chi connectivity index (χ0) is 19.7. The third-order valence-corrected chi connectivity index (χ3v) is 5.47. The zero-order valence-electron chi connectivity index (χ0n) is 16.6. The third kappa shape index (κ3) is 4.04. The summed E-state index contributed by atoms with van der Waals surface area (Å²) in [4.78, 5) is 23.4. The largest absolute Gasteiger partial charge is 0.461 e. The van der Waals surface area contributed by atoms with Crippen molar-refractivity contribution in [2.75, 3.05) is 24.6 Å². The highest BCUT2D eigenvalue weighted by Gasteiger charge is 2.33. The molecule has 28 heavy (non-hydrogen) atoms. The van der Waals surface area contributed by atoms with Crippen LogP contribution in [0.15, 0.2) is 24.8 Å². The summed E-state index contributed by atoms with van der Waals surface area (Å²) in [6.07, 6.45) is 10.4. The Balaban J connectivity index is 1.66. The van der Waals surface area contributed by atoms with Crippen LogP contribution in [0.2, 0.25) is 0 Å². The molecular weight excluding hydrogens is 356 g/mol. The normalized spacial score (nSPS) is 21.9. The van der Waals surface area contributed by atoms with Gasteiger partial charge in [0.05, 0.1) is 41.8 Å². The maximum Gasteiger partial charge on any atom is 0.356 e. The van der Waals surface area contributed by atoms with Crippen LogP contribution in [0.5, 0.6) is 0 Å². The van der Waals surface area contributed by atoms with Crippen LogP contribution in [-0.4, -0.2) is 50.9 Å². The molecule has 4 rings (SSSR count). The minimum Gasteiger partial charge on any atom is -0.461 e. The van der Waals surface area contributed by atoms with E-state index in [4.69, 9.17) is 4.74 Å². The molecule has 2 aromatic heterocycles. The second-order valence-electron chi connectivity index (χ2n) is 8.20. The molecule has 1 saturated carbocycles. The SMILES string of the molecule is CCCCOC(=O)c1cc(-n2cnc(C3CC3)c2)c(N2CCC(C)(O)C2)cn1. The number of carbonyl (C=O) groups is 1. The van der Waals surface area contributed by atoms with Crippen LogP contribution >= 0.6 is 0 Å². The molecule has 2 fully saturated rings. The topological polar surface area (TPSA) is 80.5 Å². The van der Waals surface area contributed by atoms with Crippen molar-refractivity contribution in [1.82, 2.24) is 14.5 Å². The van der Waals surface area contributed by atoms with Gasteiger partial charge in [-0.15, -0.1) is 0 Å². The minimum atomic E-state index is -0.719. The number of esters is 1. The molecule has 0 bridgehead atoms. The Morgan fingerprint density at radius 3 is 2.86 bits per heavy atom. The molecule has 0 radical (unpaired) electrons. The standard InChI is InChI=1S/C21H28N4O3/c1-3-4-9-28-20(26)16-10-18(25-12-17(23-14-25)15-5-6-15)19(11-22-16)24-8-7-21(2,27)13-24/h10-12,14-15,27H,3-9,13H2,1-2H3. The molecule has 0 spiro atoms. The Labute approximate surface area is 165 Å². The number of hydrogen-bond donors (Lipinski definition) is 1. The molecule has 7 heteroatoms. The van der Waals surface area contributed by atoms with Crippen molar-refractivity contribution >= 4 is 11.7 Å². The Kier molecular flexibility index (Phi) is 5.10. The number of rotatable bonds is 7. The number of nitrogens with zero attached hydrogens (tertiary/aromatic N) is 4. The highest BCUT2D eigenvalue weighted by atomic mass is 16.5. The van der Waals surface area contributed by atoms with E-state index < -0.39 is 11.6 Å². The van der Waals surface area contributed by atoms with Gasteiger partial charge >= 0.3 is 5.97 Å². The van der Waals surface area contributed by atoms with Crippen molar-refractivity contribution in [3.63, 3.8) is 0 Å². The first-order chi connectivity index (χ1) is 13.5. The maximum absolute atomic E-state index is 12.4. The first-order valence-corrected chi connectivity index (χ1v) is 10.2. The van der Waals surface area contributed by atoms with E-state index in [1.807, 2.05) is 17.7 Å². The van der Waals surface area contributed by atoms with E-state index >= 15 is 0 Å². The lowest BCUT2D eigenvalue weighted by Gasteiger charge is -2.23. The van der Waals surface area contributed by atoms with Gasteiger partial charge in [0.1, 0.15) is 0 Å². The van der Waals surface area contributed by atoms with Crippen molar-refractivity contribution in [2.45, 2.75) is 57.5 Å². The molecule has 0 amide bonds. The van der Waals surface area contributed by atoms with Crippen molar-refractivity contribution in [1.29, 1.82) is 0 Å². The Hall–Kier alpha value is -2.41. The molecule has 1 unspecified atom stereocenters. The molecule has 1 atom stereocenters. The Morgan fingerprint density at radius 2 is 2.18 bits per heavy atom. The quantitative estimate of drug-likeness (QED) is 0.584. The molecule has 1 aliphatic carbocycles. The van der Waals surface area contributed by atoms with Gasteiger partial charge in [0.2, 0.25) is 0 Å². The predicted molar refractivity (Wildman–Crippen MR) is 106 cm³/mol. The molecule has 3 heterocycles. The van der Waals surface area contributed by atoms with Gasteiger partial charge in [-0.2, -0.15) is 0 Å². The number of aliphatic hydroxyl groups is 1. The lowest BCUT2D eigenvalue weighted by molar-refractivity contribution is 0.0492. The maximum atomic E-state index is 12.4. The monoisotopic (exact) mass is 384 g/mol. The van der Waals surface area contributed by atoms with E-state index in [2.05, 4.69) is 21.8 Å². The summed E-state index contributed by atoms with van der Waals surface area (Å²) in [5.74, 6) is 0.148. The van der Waals surface area contributed by atoms with E-state index in [9.17, 15) is 9.90 Å². The van der Waals surface area contributed by atoms with Crippen LogP contribution in [0.25, 0.3) is 5.69 Å². The summed E-state index contributed by atoms with van der Waals surface area (Å²) < 4.78 is 7.29. The summed E-state index contributed by atoms with van der Waals surface area (Å²) >= 11 is 0. The van der Waals surface area contributed by atoms with Gasteiger partial charge in [-0.05, 0) is 38.7 Å². The van der Waals surface area contributed by atoms with Gasteiger partial charge in [0, 0.05) is 25.2 Å². The lowest BCUT2D eigenvalue weighted by atomic mass is 10.1. The number of imidazole rings is 1. The van der Waals surface area contributed by atoms with Crippen molar-refractivity contribution in [3.05, 3.63) is 36.2 Å². The van der Waals surface area contributed by atoms with Crippen molar-refractivity contribution < 1.29 is 14.6 Å². The van der Waals surface area contributed by atoms with E-state index in [-0.39, 0.29) is 0 Å². The fourth-order valence-electron chi connectivity index (χ4n) is 3.59. The summed E-state index contributed by atoms with van der Waals surface area (Å²) in [7, 11) is 0. The summed E-state index contributed by atoms with van der Waals surface area (Å²) in [6, 6.07) is 1.77. The number of unbranched alkanes of at least 4 members (excludes halogenated alkanes) is 1. The average Bonchev–Trinajstić information content (AvgIpc) is 3.29. The van der Waals surface area contributed by atoms with Crippen LogP contribution in [0.3, 0.4) is 0 Å². The van der Waals surface area contributed by atoms with Gasteiger partial charge < -0.3 is 19.3 Å². The van der Waals surface area contributed by atoms with Crippen molar-refractivity contribution in [2.24, 2.45) is 0 Å². The minimum absolute atomic E-state index is 0.294. The van der Waals surface area contributed by atoms with E-state index in [0.29, 0.717) is 31.2 Å². The zero-order valence-corrected chi connectivity index (χ0v) is 16.6. The highest BCUT2D eigenvalue weighted by Crippen LogP contribution is 2.39. The van der Waals surface area contributed by atoms with Gasteiger partial charge in [0.15, 0.2) is 5.69 Å². The average molecular weight is 384 g/mol. The van der Waals surface area contributed by atoms with Crippen LogP contribution in [0.4, 0.5) is 5.69 Å². The fraction of sp³-hybridized carbons (Fsp3) is 0.571. The number of carbonyl (C=O) groups excluding carboxylic acids is 1. The molecule has 1 saturated heterocycles. The second-order valence-corrected chi connectivity index (χ2v) is 8.20. The van der Waals surface area contributed by atoms with Gasteiger partial charge in [0.25, 0.3) is 0 Å². The molecule has 2 aliphatic rings. The first kappa shape index (κ1) is 18.9. The second kappa shape index (κ2) is 7.54. The lowest BCUT2D eigenvalue weighted by Crippen LogP contribution is -2.30. The van der Waals surface area contributed by atoms with Crippen LogP contribution < -0.4 is 4.90 Å². The third-order valence-electron chi connectivity index (χ3n) is 5.47. The number of aromatic nitrogens is 3. The van der Waals surface area contributed by atoms with Crippen molar-refractivity contribution in [3.8, 4) is 5.69 Å². The molecular formula is C21H28N4O3. The fourth-order valence-corrected chi connectivity index (χ4v) is 3.59. The molecule has 7 nitrogen and oxygen atoms in total. The summed E-state index contributed by atoms with van der Waals surface area (Å²) in [6.45, 7) is 5.58. The van der Waals surface area contributed by atoms with E-state index in [0.717, 1.165) is 36.5 Å². The highest BCUT2D eigenvalue weighted by molar-refractivity contribution is 5.89. The van der Waals surface area contributed by atoms with Crippen LogP contribution in [-0.2, 0) is 4.74 Å². The smallest absolute Gasteiger partial charge is 0.356 e. The molecule has 150 valence electrons. The van der Waals surface area contributed by atoms with Gasteiger partial charge in [-0.3, -0.25) is 0 Å². The number of hydrogen-bond acceptors (Lipinski definition) is 6. The first-order valence-electron chi connectivity index (χ1n) is 10.2. The molecule has 1 aliphatic heterocycles. The van der Waals surface area contributed by atoms with E-state index in [1.165, 1.54) is 12.8 Å². The van der Waals surface area contributed by atoms with Crippen LogP contribution in [0.1, 0.15) is 68.1 Å². The Bertz CT molecular complexity index is 857. The summed E-state index contributed by atoms with van der Waals surface area (Å²) in [5, 5.41) is 10.4. The predicted octanol–water partition coefficient (Wildman–Crippen LogP) is 3.06. The van der Waals surface area contributed by atoms with E-state index in [1.54, 1.807) is 18.6 Å². The van der Waals surface area contributed by atoms with Gasteiger partial charge in [-0.25, -0.2) is 14.8 Å². The number of ether oxygens (including phenoxy) is 1. The molecule has 0 aromatic carbocycles. The molecule has 2 aromatic rings. The molecule has 1 N–H and O–H groups in total. The Morgan fingerprint density at radius 1 is 1.36 bits per heavy atom. The van der Waals surface area contributed by atoms with Gasteiger partial charge in [-0.1, -0.05) is 13.3 Å². The number of anilines is 1. The van der Waals surface area contributed by atoms with Crippen LogP contribution in [0, 0.1) is 0 Å².